The molecule has 31 heavy (non-hydrogen) atoms. The Morgan fingerprint density at radius 1 is 1.00 bits per heavy atom. The third-order valence-corrected chi connectivity index (χ3v) is 4.14. The minimum atomic E-state index is -4.46. The maximum absolute atomic E-state index is 13.0. The van der Waals surface area contributed by atoms with Crippen molar-refractivity contribution in [3.63, 3.8) is 0 Å². The summed E-state index contributed by atoms with van der Waals surface area (Å²) in [4.78, 5) is 12.0. The Kier molecular flexibility index (Phi) is 6.44. The van der Waals surface area contributed by atoms with Crippen molar-refractivity contribution in [2.45, 2.75) is 12.8 Å². The van der Waals surface area contributed by atoms with Crippen molar-refractivity contribution < 1.29 is 32.9 Å². The highest BCUT2D eigenvalue weighted by atomic mass is 19.4. The number of alkyl halides is 3. The lowest BCUT2D eigenvalue weighted by Gasteiger charge is -2.13. The van der Waals surface area contributed by atoms with Crippen LogP contribution in [0.4, 0.5) is 13.2 Å². The van der Waals surface area contributed by atoms with Crippen LogP contribution in [0.25, 0.3) is 0 Å². The van der Waals surface area contributed by atoms with E-state index in [2.05, 4.69) is 10.5 Å². The van der Waals surface area contributed by atoms with Gasteiger partial charge in [0.2, 0.25) is 0 Å². The highest BCUT2D eigenvalue weighted by Crippen LogP contribution is 2.32. The van der Waals surface area contributed by atoms with E-state index in [1.807, 2.05) is 0 Å². The van der Waals surface area contributed by atoms with Crippen LogP contribution in [0.2, 0.25) is 0 Å². The fourth-order valence-corrected chi connectivity index (χ4v) is 2.69. The van der Waals surface area contributed by atoms with Crippen LogP contribution in [0.3, 0.4) is 0 Å². The van der Waals surface area contributed by atoms with Crippen molar-refractivity contribution >= 4 is 12.1 Å². The van der Waals surface area contributed by atoms with E-state index in [-0.39, 0.29) is 29.2 Å². The zero-order chi connectivity index (χ0) is 22.4. The van der Waals surface area contributed by atoms with Crippen LogP contribution in [0.1, 0.15) is 27.0 Å². The van der Waals surface area contributed by atoms with Crippen molar-refractivity contribution in [3.05, 3.63) is 89.0 Å². The Balaban J connectivity index is 1.58. The van der Waals surface area contributed by atoms with Gasteiger partial charge in [-0.05, 0) is 48.0 Å². The van der Waals surface area contributed by atoms with E-state index in [0.29, 0.717) is 11.3 Å². The van der Waals surface area contributed by atoms with Crippen molar-refractivity contribution in [1.29, 1.82) is 0 Å². The Morgan fingerprint density at radius 2 is 1.65 bits per heavy atom. The second-order valence-corrected chi connectivity index (χ2v) is 6.45. The van der Waals surface area contributed by atoms with E-state index in [1.165, 1.54) is 36.5 Å². The molecule has 160 valence electrons. The molecule has 0 aromatic heterocycles. The lowest BCUT2D eigenvalue weighted by Crippen LogP contribution is -2.17. The Morgan fingerprint density at radius 3 is 2.29 bits per heavy atom. The summed E-state index contributed by atoms with van der Waals surface area (Å²) in [5.74, 6) is -0.788. The monoisotopic (exact) mass is 430 g/mol. The number of rotatable bonds is 6. The highest BCUT2D eigenvalue weighted by molar-refractivity contribution is 5.95. The first-order valence-electron chi connectivity index (χ1n) is 8.97. The number of phenols is 2. The van der Waals surface area contributed by atoms with Crippen molar-refractivity contribution in [2.24, 2.45) is 5.10 Å². The zero-order valence-electron chi connectivity index (χ0n) is 15.9. The molecule has 6 nitrogen and oxygen atoms in total. The molecule has 0 heterocycles. The Bertz CT molecular complexity index is 1080. The van der Waals surface area contributed by atoms with Crippen molar-refractivity contribution in [3.8, 4) is 17.2 Å². The molecule has 1 amide bonds. The maximum Gasteiger partial charge on any atom is 0.416 e. The number of hydrogen-bond acceptors (Lipinski definition) is 5. The Labute approximate surface area is 175 Å². The molecule has 3 aromatic rings. The number of benzene rings is 3. The molecule has 0 radical (unpaired) electrons. The number of hydrogen-bond donors (Lipinski definition) is 3. The molecule has 3 aromatic carbocycles. The smallest absolute Gasteiger partial charge is 0.416 e. The number of carbonyl (C=O) groups is 1. The van der Waals surface area contributed by atoms with E-state index in [1.54, 1.807) is 24.3 Å². The standard InChI is InChI=1S/C22H17F3N2O4/c23-22(24,25)20-4-2-1-3-15(20)13-31-19-7-5-14(6-8-19)12-26-27-21(30)16-9-17(28)11-18(29)10-16/h1-12,28-29H,13H2,(H,27,30)/b26-12+. The topological polar surface area (TPSA) is 91.2 Å². The van der Waals surface area contributed by atoms with E-state index in [0.717, 1.165) is 12.1 Å². The number of amides is 1. The number of nitrogens with zero attached hydrogens (tertiary/aromatic N) is 1. The van der Waals surface area contributed by atoms with Gasteiger partial charge < -0.3 is 14.9 Å². The van der Waals surface area contributed by atoms with Gasteiger partial charge in [-0.15, -0.1) is 0 Å². The maximum atomic E-state index is 13.0. The molecule has 3 N–H and O–H groups in total. The number of carbonyl (C=O) groups excluding carboxylic acids is 1. The number of aromatic hydroxyl groups is 2. The van der Waals surface area contributed by atoms with Gasteiger partial charge in [-0.2, -0.15) is 18.3 Å². The predicted octanol–water partition coefficient (Wildman–Crippen LogP) is 4.46. The minimum Gasteiger partial charge on any atom is -0.508 e. The van der Waals surface area contributed by atoms with Gasteiger partial charge in [0.25, 0.3) is 5.91 Å². The van der Waals surface area contributed by atoms with E-state index in [9.17, 15) is 28.2 Å². The molecule has 0 saturated heterocycles. The first-order chi connectivity index (χ1) is 14.7. The molecule has 0 unspecified atom stereocenters. The molecule has 0 saturated carbocycles. The summed E-state index contributed by atoms with van der Waals surface area (Å²) < 4.78 is 44.5. The van der Waals surface area contributed by atoms with Crippen LogP contribution < -0.4 is 10.2 Å². The quantitative estimate of drug-likeness (QED) is 0.398. The average Bonchev–Trinajstić information content (AvgIpc) is 2.72. The second kappa shape index (κ2) is 9.21. The van der Waals surface area contributed by atoms with E-state index >= 15 is 0 Å². The largest absolute Gasteiger partial charge is 0.508 e. The molecule has 0 atom stereocenters. The second-order valence-electron chi connectivity index (χ2n) is 6.45. The van der Waals surface area contributed by atoms with E-state index in [4.69, 9.17) is 4.74 Å². The highest BCUT2D eigenvalue weighted by Gasteiger charge is 2.32. The van der Waals surface area contributed by atoms with Gasteiger partial charge in [0.1, 0.15) is 23.9 Å². The summed E-state index contributed by atoms with van der Waals surface area (Å²) in [6, 6.07) is 15.0. The molecule has 3 rings (SSSR count). The summed E-state index contributed by atoms with van der Waals surface area (Å²) in [6.07, 6.45) is -3.11. The van der Waals surface area contributed by atoms with Gasteiger partial charge >= 0.3 is 6.18 Å². The number of phenolic OH excluding ortho intramolecular Hbond substituents is 2. The predicted molar refractivity (Wildman–Crippen MR) is 107 cm³/mol. The molecular weight excluding hydrogens is 413 g/mol. The van der Waals surface area contributed by atoms with Crippen molar-refractivity contribution in [2.75, 3.05) is 0 Å². The van der Waals surface area contributed by atoms with Gasteiger partial charge in [-0.3, -0.25) is 4.79 Å². The van der Waals surface area contributed by atoms with Gasteiger partial charge in [-0.25, -0.2) is 5.43 Å². The summed E-state index contributed by atoms with van der Waals surface area (Å²) in [6.45, 7) is -0.240. The third kappa shape index (κ3) is 5.99. The molecule has 0 aliphatic rings. The number of halogens is 3. The lowest BCUT2D eigenvalue weighted by atomic mass is 10.1. The third-order valence-electron chi connectivity index (χ3n) is 4.14. The van der Waals surface area contributed by atoms with Gasteiger partial charge in [0.05, 0.1) is 11.8 Å². The molecule has 0 fully saturated rings. The number of ether oxygens (including phenoxy) is 1. The summed E-state index contributed by atoms with van der Waals surface area (Å²) in [5, 5.41) is 22.6. The van der Waals surface area contributed by atoms with Crippen LogP contribution in [0, 0.1) is 0 Å². The SMILES string of the molecule is O=C(N/N=C/c1ccc(OCc2ccccc2C(F)(F)F)cc1)c1cc(O)cc(O)c1. The molecular formula is C22H17F3N2O4. The van der Waals surface area contributed by atoms with Crippen LogP contribution in [0.5, 0.6) is 17.2 Å². The minimum absolute atomic E-state index is 0.0255. The Hall–Kier alpha value is -4.01. The zero-order valence-corrected chi connectivity index (χ0v) is 15.9. The molecule has 0 bridgehead atoms. The fourth-order valence-electron chi connectivity index (χ4n) is 2.69. The van der Waals surface area contributed by atoms with Crippen LogP contribution in [-0.4, -0.2) is 22.3 Å². The molecule has 9 heteroatoms. The number of hydrazone groups is 1. The summed E-state index contributed by atoms with van der Waals surface area (Å²) in [5.41, 5.74) is 2.17. The van der Waals surface area contributed by atoms with Gasteiger partial charge in [-0.1, -0.05) is 18.2 Å². The summed E-state index contributed by atoms with van der Waals surface area (Å²) in [7, 11) is 0. The molecule has 0 spiro atoms. The first-order valence-corrected chi connectivity index (χ1v) is 8.97. The average molecular weight is 430 g/mol. The molecule has 0 aliphatic heterocycles. The molecule has 0 aliphatic carbocycles. The normalized spacial score (nSPS) is 11.5. The van der Waals surface area contributed by atoms with Crippen LogP contribution in [0.15, 0.2) is 71.8 Å². The lowest BCUT2D eigenvalue weighted by molar-refractivity contribution is -0.138. The van der Waals surface area contributed by atoms with Gasteiger partial charge in [0.15, 0.2) is 0 Å². The summed E-state index contributed by atoms with van der Waals surface area (Å²) >= 11 is 0. The fraction of sp³-hybridized carbons (Fsp3) is 0.0909. The van der Waals surface area contributed by atoms with Crippen LogP contribution in [-0.2, 0) is 12.8 Å². The number of nitrogens with one attached hydrogen (secondary N) is 1. The van der Waals surface area contributed by atoms with Gasteiger partial charge in [0, 0.05) is 17.2 Å². The van der Waals surface area contributed by atoms with E-state index < -0.39 is 17.6 Å². The first kappa shape index (κ1) is 21.7. The van der Waals surface area contributed by atoms with Crippen molar-refractivity contribution in [1.82, 2.24) is 5.43 Å². The van der Waals surface area contributed by atoms with Crippen LogP contribution >= 0.6 is 0 Å².